The molecule has 6 heteroatoms. The van der Waals surface area contributed by atoms with Gasteiger partial charge in [0.1, 0.15) is 12.4 Å². The van der Waals surface area contributed by atoms with Crippen molar-refractivity contribution in [2.24, 2.45) is 0 Å². The van der Waals surface area contributed by atoms with Crippen LogP contribution in [0.15, 0.2) is 12.1 Å². The normalized spacial score (nSPS) is 12.6. The summed E-state index contributed by atoms with van der Waals surface area (Å²) in [5.41, 5.74) is 1.70. The number of hydrogen-bond acceptors (Lipinski definition) is 3. The van der Waals surface area contributed by atoms with Crippen molar-refractivity contribution in [3.63, 3.8) is 0 Å². The van der Waals surface area contributed by atoms with Crippen LogP contribution in [0.4, 0.5) is 19.0 Å². The number of alkyl halides is 3. The molecule has 1 aromatic heterocycles. The number of anilines is 1. The zero-order valence-electron chi connectivity index (χ0n) is 13.3. The van der Waals surface area contributed by atoms with Gasteiger partial charge in [0.05, 0.1) is 0 Å². The summed E-state index contributed by atoms with van der Waals surface area (Å²) in [6.45, 7) is 7.69. The van der Waals surface area contributed by atoms with Crippen LogP contribution >= 0.6 is 0 Å². The number of halogens is 3. The van der Waals surface area contributed by atoms with Crippen LogP contribution in [0.3, 0.4) is 0 Å². The van der Waals surface area contributed by atoms with Crippen molar-refractivity contribution in [1.82, 2.24) is 10.3 Å². The van der Waals surface area contributed by atoms with Gasteiger partial charge in [0.2, 0.25) is 0 Å². The highest BCUT2D eigenvalue weighted by Crippen LogP contribution is 2.21. The van der Waals surface area contributed by atoms with Gasteiger partial charge in [-0.2, -0.15) is 13.2 Å². The molecule has 0 atom stereocenters. The third kappa shape index (κ3) is 6.80. The lowest BCUT2D eigenvalue weighted by atomic mass is 10.1. The Bertz CT molecular complexity index is 464. The summed E-state index contributed by atoms with van der Waals surface area (Å²) in [6, 6.07) is 3.65. The molecule has 1 aromatic rings. The second-order valence-electron chi connectivity index (χ2n) is 6.25. The smallest absolute Gasteiger partial charge is 0.351 e. The lowest BCUT2D eigenvalue weighted by molar-refractivity contribution is -0.119. The summed E-state index contributed by atoms with van der Waals surface area (Å²) in [7, 11) is 1.41. The Kier molecular flexibility index (Phi) is 5.61. The molecule has 0 radical (unpaired) electrons. The summed E-state index contributed by atoms with van der Waals surface area (Å²) >= 11 is 0. The zero-order chi connectivity index (χ0) is 16.3. The molecular formula is C15H24F3N3. The number of aryl methyl sites for hydroxylation is 1. The molecule has 0 spiro atoms. The van der Waals surface area contributed by atoms with Gasteiger partial charge in [0.25, 0.3) is 0 Å². The lowest BCUT2D eigenvalue weighted by Crippen LogP contribution is -2.35. The largest absolute Gasteiger partial charge is 0.405 e. The molecule has 1 N–H and O–H groups in total. The van der Waals surface area contributed by atoms with Crippen molar-refractivity contribution in [2.45, 2.75) is 52.4 Å². The fourth-order valence-corrected chi connectivity index (χ4v) is 1.83. The summed E-state index contributed by atoms with van der Waals surface area (Å²) in [4.78, 5) is 5.42. The molecule has 1 heterocycles. The molecule has 3 nitrogen and oxygen atoms in total. The fraction of sp³-hybridized carbons (Fsp3) is 0.667. The summed E-state index contributed by atoms with van der Waals surface area (Å²) in [6.07, 6.45) is -3.54. The first-order chi connectivity index (χ1) is 9.50. The quantitative estimate of drug-likeness (QED) is 0.902. The molecule has 120 valence electrons. The Morgan fingerprint density at radius 2 is 1.81 bits per heavy atom. The Morgan fingerprint density at radius 1 is 1.19 bits per heavy atom. The van der Waals surface area contributed by atoms with Gasteiger partial charge in [-0.15, -0.1) is 0 Å². The molecule has 0 aliphatic heterocycles. The fourth-order valence-electron chi connectivity index (χ4n) is 1.83. The molecule has 0 unspecified atom stereocenters. The van der Waals surface area contributed by atoms with Crippen molar-refractivity contribution in [3.8, 4) is 0 Å². The molecule has 0 amide bonds. The molecule has 0 aliphatic carbocycles. The van der Waals surface area contributed by atoms with Crippen LogP contribution in [0.2, 0.25) is 0 Å². The summed E-state index contributed by atoms with van der Waals surface area (Å²) in [5, 5.41) is 3.34. The van der Waals surface area contributed by atoms with Gasteiger partial charge in [-0.05, 0) is 44.9 Å². The minimum atomic E-state index is -4.23. The Balaban J connectivity index is 2.94. The van der Waals surface area contributed by atoms with Gasteiger partial charge >= 0.3 is 6.18 Å². The monoisotopic (exact) mass is 303 g/mol. The third-order valence-corrected chi connectivity index (χ3v) is 2.92. The van der Waals surface area contributed by atoms with Crippen LogP contribution in [-0.4, -0.2) is 30.3 Å². The van der Waals surface area contributed by atoms with Gasteiger partial charge in [-0.1, -0.05) is 6.92 Å². The number of rotatable bonds is 5. The van der Waals surface area contributed by atoms with E-state index in [1.54, 1.807) is 6.07 Å². The predicted molar refractivity (Wildman–Crippen MR) is 79.5 cm³/mol. The van der Waals surface area contributed by atoms with E-state index in [0.717, 1.165) is 16.2 Å². The zero-order valence-corrected chi connectivity index (χ0v) is 13.3. The Labute approximate surface area is 124 Å². The van der Waals surface area contributed by atoms with Crippen molar-refractivity contribution in [2.75, 3.05) is 18.5 Å². The predicted octanol–water partition coefficient (Wildman–Crippen LogP) is 3.53. The van der Waals surface area contributed by atoms with Gasteiger partial charge in [0, 0.05) is 24.8 Å². The minimum Gasteiger partial charge on any atom is -0.351 e. The first-order valence-corrected chi connectivity index (χ1v) is 7.03. The first-order valence-electron chi connectivity index (χ1n) is 7.03. The van der Waals surface area contributed by atoms with Gasteiger partial charge in [-0.3, -0.25) is 0 Å². The minimum absolute atomic E-state index is 0.0479. The molecule has 1 rings (SSSR count). The maximum absolute atomic E-state index is 12.5. The van der Waals surface area contributed by atoms with Crippen molar-refractivity contribution in [3.05, 3.63) is 23.4 Å². The lowest BCUT2D eigenvalue weighted by Gasteiger charge is -2.23. The van der Waals surface area contributed by atoms with E-state index in [0.29, 0.717) is 18.8 Å². The average molecular weight is 303 g/mol. The van der Waals surface area contributed by atoms with Crippen LogP contribution in [0.5, 0.6) is 0 Å². The molecule has 0 aliphatic rings. The van der Waals surface area contributed by atoms with Crippen molar-refractivity contribution >= 4 is 5.82 Å². The molecule has 0 fully saturated rings. The number of pyridine rings is 1. The molecule has 0 saturated carbocycles. The maximum atomic E-state index is 12.5. The van der Waals surface area contributed by atoms with E-state index >= 15 is 0 Å². The van der Waals surface area contributed by atoms with E-state index in [9.17, 15) is 13.2 Å². The molecule has 0 aromatic carbocycles. The number of hydrogen-bond donors (Lipinski definition) is 1. The van der Waals surface area contributed by atoms with Gasteiger partial charge in [0.15, 0.2) is 0 Å². The van der Waals surface area contributed by atoms with E-state index in [1.807, 2.05) is 33.8 Å². The number of nitrogens with zero attached hydrogens (tertiary/aromatic N) is 2. The maximum Gasteiger partial charge on any atom is 0.405 e. The average Bonchev–Trinajstić information content (AvgIpc) is 2.33. The highest BCUT2D eigenvalue weighted by Gasteiger charge is 2.30. The van der Waals surface area contributed by atoms with E-state index in [1.165, 1.54) is 7.05 Å². The van der Waals surface area contributed by atoms with E-state index in [2.05, 4.69) is 10.3 Å². The van der Waals surface area contributed by atoms with Crippen LogP contribution in [-0.2, 0) is 13.0 Å². The number of nitrogens with one attached hydrogen (secondary N) is 1. The molecule has 0 saturated heterocycles. The second-order valence-corrected chi connectivity index (χ2v) is 6.25. The summed E-state index contributed by atoms with van der Waals surface area (Å²) in [5.74, 6) is 0.359. The van der Waals surface area contributed by atoms with Crippen LogP contribution < -0.4 is 10.2 Å². The second kappa shape index (κ2) is 6.64. The van der Waals surface area contributed by atoms with Gasteiger partial charge in [-0.25, -0.2) is 4.98 Å². The Hall–Kier alpha value is -1.30. The van der Waals surface area contributed by atoms with Crippen LogP contribution in [0.1, 0.15) is 39.0 Å². The molecule has 21 heavy (non-hydrogen) atoms. The third-order valence-electron chi connectivity index (χ3n) is 2.92. The standard InChI is InChI=1S/C15H24F3N3/c1-6-12-7-11(9-19-14(2,3)4)8-13(20-12)21(5)10-15(16,17)18/h7-8,19H,6,9-10H2,1-5H3. The SMILES string of the molecule is CCc1cc(CNC(C)(C)C)cc(N(C)CC(F)(F)F)n1. The van der Waals surface area contributed by atoms with E-state index in [4.69, 9.17) is 0 Å². The van der Waals surface area contributed by atoms with E-state index in [-0.39, 0.29) is 5.54 Å². The van der Waals surface area contributed by atoms with E-state index < -0.39 is 12.7 Å². The Morgan fingerprint density at radius 3 is 2.29 bits per heavy atom. The van der Waals surface area contributed by atoms with Gasteiger partial charge < -0.3 is 10.2 Å². The highest BCUT2D eigenvalue weighted by atomic mass is 19.4. The number of aromatic nitrogens is 1. The molecular weight excluding hydrogens is 279 g/mol. The van der Waals surface area contributed by atoms with Crippen LogP contribution in [0.25, 0.3) is 0 Å². The summed E-state index contributed by atoms with van der Waals surface area (Å²) < 4.78 is 37.5. The molecule has 0 bridgehead atoms. The first kappa shape index (κ1) is 17.8. The highest BCUT2D eigenvalue weighted by molar-refractivity contribution is 5.42. The van der Waals surface area contributed by atoms with Crippen molar-refractivity contribution < 1.29 is 13.2 Å². The van der Waals surface area contributed by atoms with Crippen molar-refractivity contribution in [1.29, 1.82) is 0 Å². The topological polar surface area (TPSA) is 28.2 Å². The van der Waals surface area contributed by atoms with Crippen LogP contribution in [0, 0.1) is 0 Å².